The maximum Gasteiger partial charge on any atom is 0.433 e. The number of halogens is 5. The van der Waals surface area contributed by atoms with Gasteiger partial charge < -0.3 is 10.5 Å². The number of hydrogen-bond acceptors (Lipinski definition) is 4. The molecule has 19 heavy (non-hydrogen) atoms. The molecule has 0 atom stereocenters. The van der Waals surface area contributed by atoms with Gasteiger partial charge >= 0.3 is 12.1 Å². The first-order valence-electron chi connectivity index (χ1n) is 4.89. The topological polar surface area (TPSA) is 65.2 Å². The Labute approximate surface area is 104 Å². The standard InChI is InChI=1S/C10H9F5N2O2/c1-19-9(18)4-2-6(10(13,14)15)17-5(3-16)7(4)8(11)12/h2,8H,3,16H2,1H3. The van der Waals surface area contributed by atoms with E-state index in [1.165, 1.54) is 0 Å². The summed E-state index contributed by atoms with van der Waals surface area (Å²) in [5.74, 6) is -1.31. The highest BCUT2D eigenvalue weighted by Gasteiger charge is 2.36. The van der Waals surface area contributed by atoms with Gasteiger partial charge in [0.05, 0.1) is 23.9 Å². The number of rotatable bonds is 3. The van der Waals surface area contributed by atoms with Crippen molar-refractivity contribution in [3.05, 3.63) is 28.6 Å². The number of alkyl halides is 5. The number of carbonyl (C=O) groups excluding carboxylic acids is 1. The molecule has 1 aromatic rings. The number of esters is 1. The second-order valence-corrected chi connectivity index (χ2v) is 3.41. The first-order chi connectivity index (χ1) is 8.72. The van der Waals surface area contributed by atoms with E-state index in [2.05, 4.69) is 9.72 Å². The molecule has 1 aromatic heterocycles. The van der Waals surface area contributed by atoms with Crippen molar-refractivity contribution in [1.29, 1.82) is 0 Å². The van der Waals surface area contributed by atoms with Crippen LogP contribution < -0.4 is 5.73 Å². The molecule has 0 aliphatic rings. The number of nitrogens with zero attached hydrogens (tertiary/aromatic N) is 1. The molecule has 9 heteroatoms. The van der Waals surface area contributed by atoms with Gasteiger partial charge in [-0.15, -0.1) is 0 Å². The Kier molecular flexibility index (Phi) is 4.40. The van der Waals surface area contributed by atoms with Crippen LogP contribution in [0, 0.1) is 0 Å². The fourth-order valence-corrected chi connectivity index (χ4v) is 1.43. The van der Waals surface area contributed by atoms with Gasteiger partial charge in [0.2, 0.25) is 0 Å². The van der Waals surface area contributed by atoms with E-state index in [-0.39, 0.29) is 6.07 Å². The number of pyridine rings is 1. The van der Waals surface area contributed by atoms with E-state index < -0.39 is 47.6 Å². The minimum Gasteiger partial charge on any atom is -0.465 e. The summed E-state index contributed by atoms with van der Waals surface area (Å²) < 4.78 is 67.4. The van der Waals surface area contributed by atoms with Crippen LogP contribution in [0.4, 0.5) is 22.0 Å². The summed E-state index contributed by atoms with van der Waals surface area (Å²) >= 11 is 0. The van der Waals surface area contributed by atoms with Crippen molar-refractivity contribution in [3.63, 3.8) is 0 Å². The minimum absolute atomic E-state index is 0.229. The van der Waals surface area contributed by atoms with Crippen molar-refractivity contribution in [2.75, 3.05) is 7.11 Å². The summed E-state index contributed by atoms with van der Waals surface area (Å²) in [7, 11) is 0.868. The molecular weight excluding hydrogens is 275 g/mol. The van der Waals surface area contributed by atoms with E-state index in [0.717, 1.165) is 7.11 Å². The number of carbonyl (C=O) groups is 1. The van der Waals surface area contributed by atoms with Gasteiger partial charge in [0, 0.05) is 6.54 Å². The molecule has 0 unspecified atom stereocenters. The van der Waals surface area contributed by atoms with Gasteiger partial charge in [-0.1, -0.05) is 0 Å². The third-order valence-electron chi connectivity index (χ3n) is 2.24. The van der Waals surface area contributed by atoms with Crippen LogP contribution in [0.25, 0.3) is 0 Å². The SMILES string of the molecule is COC(=O)c1cc(C(F)(F)F)nc(CN)c1C(F)F. The molecule has 0 bridgehead atoms. The average molecular weight is 284 g/mol. The number of nitrogens with two attached hydrogens (primary N) is 1. The molecule has 1 heterocycles. The second-order valence-electron chi connectivity index (χ2n) is 3.41. The van der Waals surface area contributed by atoms with Crippen LogP contribution in [0.2, 0.25) is 0 Å². The Bertz CT molecular complexity index is 488. The highest BCUT2D eigenvalue weighted by atomic mass is 19.4. The average Bonchev–Trinajstić information content (AvgIpc) is 2.34. The zero-order valence-electron chi connectivity index (χ0n) is 9.59. The molecule has 0 saturated carbocycles. The monoisotopic (exact) mass is 284 g/mol. The van der Waals surface area contributed by atoms with E-state index >= 15 is 0 Å². The molecule has 0 saturated heterocycles. The Morgan fingerprint density at radius 2 is 2.05 bits per heavy atom. The molecule has 0 radical (unpaired) electrons. The van der Waals surface area contributed by atoms with Gasteiger partial charge in [-0.2, -0.15) is 13.2 Å². The van der Waals surface area contributed by atoms with Crippen molar-refractivity contribution in [2.24, 2.45) is 5.73 Å². The Morgan fingerprint density at radius 1 is 1.47 bits per heavy atom. The lowest BCUT2D eigenvalue weighted by molar-refractivity contribution is -0.141. The predicted octanol–water partition coefficient (Wildman–Crippen LogP) is 2.28. The maximum atomic E-state index is 12.8. The van der Waals surface area contributed by atoms with Crippen LogP contribution in [-0.2, 0) is 17.5 Å². The fraction of sp³-hybridized carbons (Fsp3) is 0.400. The van der Waals surface area contributed by atoms with Crippen LogP contribution >= 0.6 is 0 Å². The molecule has 106 valence electrons. The predicted molar refractivity (Wildman–Crippen MR) is 53.4 cm³/mol. The van der Waals surface area contributed by atoms with Gasteiger partial charge in [-0.3, -0.25) is 0 Å². The van der Waals surface area contributed by atoms with Crippen molar-refractivity contribution < 1.29 is 31.5 Å². The lowest BCUT2D eigenvalue weighted by Crippen LogP contribution is -2.18. The van der Waals surface area contributed by atoms with Gasteiger partial charge in [-0.25, -0.2) is 18.6 Å². The van der Waals surface area contributed by atoms with Crippen molar-refractivity contribution >= 4 is 5.97 Å². The third-order valence-corrected chi connectivity index (χ3v) is 2.24. The van der Waals surface area contributed by atoms with Crippen LogP contribution in [-0.4, -0.2) is 18.1 Å². The zero-order valence-corrected chi connectivity index (χ0v) is 9.59. The van der Waals surface area contributed by atoms with Crippen LogP contribution in [0.5, 0.6) is 0 Å². The van der Waals surface area contributed by atoms with Crippen LogP contribution in [0.3, 0.4) is 0 Å². The smallest absolute Gasteiger partial charge is 0.433 e. The second kappa shape index (κ2) is 5.47. The highest BCUT2D eigenvalue weighted by Crippen LogP contribution is 2.33. The van der Waals surface area contributed by atoms with Crippen molar-refractivity contribution in [1.82, 2.24) is 4.98 Å². The first-order valence-corrected chi connectivity index (χ1v) is 4.89. The lowest BCUT2D eigenvalue weighted by atomic mass is 10.0. The fourth-order valence-electron chi connectivity index (χ4n) is 1.43. The Hall–Kier alpha value is -1.77. The van der Waals surface area contributed by atoms with Gasteiger partial charge in [0.25, 0.3) is 6.43 Å². The molecule has 0 fully saturated rings. The Morgan fingerprint density at radius 3 is 2.42 bits per heavy atom. The minimum atomic E-state index is -4.88. The summed E-state index contributed by atoms with van der Waals surface area (Å²) in [6, 6.07) is 0.229. The number of ether oxygens (including phenoxy) is 1. The van der Waals surface area contributed by atoms with E-state index in [1.807, 2.05) is 0 Å². The molecule has 0 amide bonds. The van der Waals surface area contributed by atoms with Gasteiger partial charge in [-0.05, 0) is 6.07 Å². The third kappa shape index (κ3) is 3.16. The van der Waals surface area contributed by atoms with Gasteiger partial charge in [0.1, 0.15) is 5.69 Å². The number of methoxy groups -OCH3 is 1. The van der Waals surface area contributed by atoms with E-state index in [4.69, 9.17) is 5.73 Å². The molecule has 0 aliphatic carbocycles. The Balaban J connectivity index is 3.59. The normalized spacial score (nSPS) is 11.8. The van der Waals surface area contributed by atoms with Crippen LogP contribution in [0.15, 0.2) is 6.07 Å². The molecule has 1 rings (SSSR count). The summed E-state index contributed by atoms with van der Waals surface area (Å²) in [5, 5.41) is 0. The molecular formula is C10H9F5N2O2. The molecule has 4 nitrogen and oxygen atoms in total. The summed E-state index contributed by atoms with van der Waals surface area (Å²) in [6.07, 6.45) is -8.07. The maximum absolute atomic E-state index is 12.8. The van der Waals surface area contributed by atoms with E-state index in [9.17, 15) is 26.7 Å². The summed E-state index contributed by atoms with van der Waals surface area (Å²) in [6.45, 7) is -0.659. The molecule has 0 spiro atoms. The number of aromatic nitrogens is 1. The summed E-state index contributed by atoms with van der Waals surface area (Å²) in [4.78, 5) is 14.3. The first kappa shape index (κ1) is 15.3. The lowest BCUT2D eigenvalue weighted by Gasteiger charge is -2.14. The van der Waals surface area contributed by atoms with Gasteiger partial charge in [0.15, 0.2) is 0 Å². The van der Waals surface area contributed by atoms with Crippen molar-refractivity contribution in [2.45, 2.75) is 19.1 Å². The largest absolute Gasteiger partial charge is 0.465 e. The zero-order chi connectivity index (χ0) is 14.8. The highest BCUT2D eigenvalue weighted by molar-refractivity contribution is 5.91. The molecule has 0 aromatic carbocycles. The quantitative estimate of drug-likeness (QED) is 0.683. The van der Waals surface area contributed by atoms with Crippen molar-refractivity contribution in [3.8, 4) is 0 Å². The van der Waals surface area contributed by atoms with Crippen LogP contribution in [0.1, 0.15) is 33.7 Å². The number of hydrogen-bond donors (Lipinski definition) is 1. The summed E-state index contributed by atoms with van der Waals surface area (Å²) in [5.41, 5.74) is 1.10. The van der Waals surface area contributed by atoms with E-state index in [1.54, 1.807) is 0 Å². The molecule has 2 N–H and O–H groups in total. The molecule has 0 aliphatic heterocycles. The van der Waals surface area contributed by atoms with E-state index in [0.29, 0.717) is 0 Å².